The summed E-state index contributed by atoms with van der Waals surface area (Å²) in [7, 11) is 0. The predicted molar refractivity (Wildman–Crippen MR) is 123 cm³/mol. The molecule has 2 unspecified atom stereocenters. The smallest absolute Gasteiger partial charge is 0.272 e. The van der Waals surface area contributed by atoms with Crippen molar-refractivity contribution in [3.8, 4) is 16.9 Å². The van der Waals surface area contributed by atoms with Crippen molar-refractivity contribution in [2.75, 3.05) is 18.5 Å². The quantitative estimate of drug-likeness (QED) is 0.367. The highest BCUT2D eigenvalue weighted by atomic mass is 19.3. The van der Waals surface area contributed by atoms with Gasteiger partial charge in [-0.3, -0.25) is 0 Å². The van der Waals surface area contributed by atoms with Gasteiger partial charge in [0, 0.05) is 35.7 Å². The van der Waals surface area contributed by atoms with Crippen molar-refractivity contribution in [3.05, 3.63) is 60.4 Å². The van der Waals surface area contributed by atoms with E-state index in [0.717, 1.165) is 37.0 Å². The van der Waals surface area contributed by atoms with Crippen LogP contribution in [0.15, 0.2) is 49.1 Å². The summed E-state index contributed by atoms with van der Waals surface area (Å²) in [6, 6.07) is 5.07. The molecule has 1 saturated heterocycles. The lowest BCUT2D eigenvalue weighted by atomic mass is 10.1. The van der Waals surface area contributed by atoms with Gasteiger partial charge < -0.3 is 14.8 Å². The average Bonchev–Trinajstić information content (AvgIpc) is 3.50. The molecule has 1 N–H and O–H groups in total. The molecule has 8 nitrogen and oxygen atoms in total. The number of nitrogens with one attached hydrogen (secondary N) is 1. The van der Waals surface area contributed by atoms with E-state index in [1.165, 1.54) is 18.2 Å². The maximum absolute atomic E-state index is 13.9. The van der Waals surface area contributed by atoms with Crippen molar-refractivity contribution in [1.29, 1.82) is 0 Å². The van der Waals surface area contributed by atoms with Crippen LogP contribution in [0.4, 0.5) is 19.0 Å². The first-order valence-corrected chi connectivity index (χ1v) is 11.5. The van der Waals surface area contributed by atoms with Crippen molar-refractivity contribution in [2.45, 2.75) is 44.9 Å². The largest absolute Gasteiger partial charge is 0.487 e. The Kier molecular flexibility index (Phi) is 6.58. The molecule has 0 spiro atoms. The SMILES string of the molecule is CC(Nc1ccn2ncc(-c3cnn(C4CCCCO4)c3)c2n1)c1cc(F)ccc1OCC(F)F. The molecule has 4 aromatic rings. The van der Waals surface area contributed by atoms with Crippen LogP contribution in [-0.4, -0.2) is 44.0 Å². The van der Waals surface area contributed by atoms with Crippen molar-refractivity contribution in [1.82, 2.24) is 24.4 Å². The summed E-state index contributed by atoms with van der Waals surface area (Å²) in [5.41, 5.74) is 2.68. The van der Waals surface area contributed by atoms with Crippen LogP contribution in [0.3, 0.4) is 0 Å². The fourth-order valence-electron chi connectivity index (χ4n) is 4.16. The Morgan fingerprint density at radius 2 is 2.09 bits per heavy atom. The lowest BCUT2D eigenvalue weighted by molar-refractivity contribution is -0.0394. The van der Waals surface area contributed by atoms with E-state index < -0.39 is 24.9 Å². The highest BCUT2D eigenvalue weighted by Crippen LogP contribution is 2.31. The number of alkyl halides is 2. The van der Waals surface area contributed by atoms with Gasteiger partial charge in [0.15, 0.2) is 5.65 Å². The molecule has 0 amide bonds. The second-order valence-corrected chi connectivity index (χ2v) is 8.42. The molecular weight excluding hydrogens is 461 g/mol. The number of anilines is 1. The third kappa shape index (κ3) is 5.09. The van der Waals surface area contributed by atoms with Crippen molar-refractivity contribution in [3.63, 3.8) is 0 Å². The number of fused-ring (bicyclic) bond motifs is 1. The van der Waals surface area contributed by atoms with Gasteiger partial charge in [-0.2, -0.15) is 10.2 Å². The Morgan fingerprint density at radius 3 is 2.89 bits per heavy atom. The van der Waals surface area contributed by atoms with Gasteiger partial charge in [-0.05, 0) is 50.5 Å². The van der Waals surface area contributed by atoms with Crippen LogP contribution in [0.1, 0.15) is 44.0 Å². The summed E-state index contributed by atoms with van der Waals surface area (Å²) < 4.78 is 53.7. The zero-order valence-corrected chi connectivity index (χ0v) is 19.1. The number of hydrogen-bond acceptors (Lipinski definition) is 6. The third-order valence-corrected chi connectivity index (χ3v) is 5.90. The Bertz CT molecular complexity index is 1300. The van der Waals surface area contributed by atoms with E-state index in [9.17, 15) is 13.2 Å². The lowest BCUT2D eigenvalue weighted by Gasteiger charge is -2.22. The number of benzene rings is 1. The minimum Gasteiger partial charge on any atom is -0.487 e. The zero-order chi connectivity index (χ0) is 24.4. The number of aromatic nitrogens is 5. The fourth-order valence-corrected chi connectivity index (χ4v) is 4.16. The topological polar surface area (TPSA) is 78.5 Å². The number of nitrogens with zero attached hydrogens (tertiary/aromatic N) is 5. The lowest BCUT2D eigenvalue weighted by Crippen LogP contribution is -2.18. The summed E-state index contributed by atoms with van der Waals surface area (Å²) >= 11 is 0. The van der Waals surface area contributed by atoms with Gasteiger partial charge in [-0.15, -0.1) is 0 Å². The van der Waals surface area contributed by atoms with Gasteiger partial charge in [-0.1, -0.05) is 0 Å². The van der Waals surface area contributed by atoms with Gasteiger partial charge in [-0.25, -0.2) is 27.4 Å². The maximum Gasteiger partial charge on any atom is 0.272 e. The molecule has 0 radical (unpaired) electrons. The van der Waals surface area contributed by atoms with Crippen LogP contribution in [0.25, 0.3) is 16.8 Å². The molecule has 0 saturated carbocycles. The molecule has 0 bridgehead atoms. The number of hydrogen-bond donors (Lipinski definition) is 1. The molecule has 1 fully saturated rings. The fraction of sp³-hybridized carbons (Fsp3) is 0.375. The second kappa shape index (κ2) is 9.95. The number of rotatable bonds is 8. The first-order valence-electron chi connectivity index (χ1n) is 11.5. The van der Waals surface area contributed by atoms with Crippen LogP contribution >= 0.6 is 0 Å². The average molecular weight is 486 g/mol. The van der Waals surface area contributed by atoms with E-state index in [-0.39, 0.29) is 12.0 Å². The van der Waals surface area contributed by atoms with Gasteiger partial charge in [0.1, 0.15) is 30.2 Å². The van der Waals surface area contributed by atoms with Crippen molar-refractivity contribution < 1.29 is 22.6 Å². The van der Waals surface area contributed by atoms with E-state index in [1.807, 2.05) is 10.9 Å². The minimum atomic E-state index is -2.63. The van der Waals surface area contributed by atoms with Crippen LogP contribution in [-0.2, 0) is 4.74 Å². The normalized spacial score (nSPS) is 17.1. The van der Waals surface area contributed by atoms with Gasteiger partial charge in [0.25, 0.3) is 6.43 Å². The minimum absolute atomic E-state index is 0.0712. The van der Waals surface area contributed by atoms with Crippen LogP contribution < -0.4 is 10.1 Å². The zero-order valence-electron chi connectivity index (χ0n) is 19.1. The molecule has 3 aromatic heterocycles. The van der Waals surface area contributed by atoms with E-state index >= 15 is 0 Å². The molecule has 4 heterocycles. The Balaban J connectivity index is 1.39. The highest BCUT2D eigenvalue weighted by Gasteiger charge is 2.19. The molecule has 5 rings (SSSR count). The van der Waals surface area contributed by atoms with E-state index in [2.05, 4.69) is 15.5 Å². The molecule has 0 aliphatic carbocycles. The van der Waals surface area contributed by atoms with Gasteiger partial charge in [0.05, 0.1) is 18.4 Å². The van der Waals surface area contributed by atoms with Crippen molar-refractivity contribution in [2.24, 2.45) is 0 Å². The summed E-state index contributed by atoms with van der Waals surface area (Å²) in [6.45, 7) is 1.74. The molecule has 1 aliphatic heterocycles. The molecule has 2 atom stereocenters. The first kappa shape index (κ1) is 23.2. The molecule has 35 heavy (non-hydrogen) atoms. The molecule has 1 aliphatic rings. The van der Waals surface area contributed by atoms with Gasteiger partial charge in [0.2, 0.25) is 0 Å². The van der Waals surface area contributed by atoms with Crippen LogP contribution in [0.5, 0.6) is 5.75 Å². The van der Waals surface area contributed by atoms with E-state index in [1.54, 1.807) is 36.1 Å². The summed E-state index contributed by atoms with van der Waals surface area (Å²) in [4.78, 5) is 4.69. The highest BCUT2D eigenvalue weighted by molar-refractivity contribution is 5.76. The Morgan fingerprint density at radius 1 is 1.20 bits per heavy atom. The molecular formula is C24H25F3N6O2. The van der Waals surface area contributed by atoms with E-state index in [0.29, 0.717) is 17.0 Å². The Labute approximate surface area is 199 Å². The summed E-state index contributed by atoms with van der Waals surface area (Å²) in [6.07, 6.45) is 7.56. The van der Waals surface area contributed by atoms with Gasteiger partial charge >= 0.3 is 0 Å². The summed E-state index contributed by atoms with van der Waals surface area (Å²) in [5, 5.41) is 12.1. The molecule has 11 heteroatoms. The monoisotopic (exact) mass is 486 g/mol. The van der Waals surface area contributed by atoms with E-state index in [4.69, 9.17) is 14.5 Å². The van der Waals surface area contributed by atoms with Crippen molar-refractivity contribution >= 4 is 11.5 Å². The summed E-state index contributed by atoms with van der Waals surface area (Å²) in [5.74, 6) is 0.215. The number of halogens is 3. The molecule has 184 valence electrons. The number of ether oxygens (including phenoxy) is 2. The molecule has 1 aromatic carbocycles. The van der Waals surface area contributed by atoms with Crippen LogP contribution in [0, 0.1) is 5.82 Å². The Hall–Kier alpha value is -3.60. The predicted octanol–water partition coefficient (Wildman–Crippen LogP) is 5.25. The maximum atomic E-state index is 13.9. The van der Waals surface area contributed by atoms with Crippen LogP contribution in [0.2, 0.25) is 0 Å². The first-order chi connectivity index (χ1) is 17.0. The third-order valence-electron chi connectivity index (χ3n) is 5.90. The standard InChI is InChI=1S/C24H25F3N6O2/c1-15(18-10-17(25)5-6-20(18)35-14-21(26)27)30-22-7-8-32-24(31-22)19(12-29-32)16-11-28-33(13-16)23-4-2-3-9-34-23/h5-8,10-13,15,21,23H,2-4,9,14H2,1H3,(H,30,31). The second-order valence-electron chi connectivity index (χ2n) is 8.42.